The van der Waals surface area contributed by atoms with Crippen molar-refractivity contribution in [3.8, 4) is 0 Å². The SMILES string of the molecule is CCC(C)(CC)C1C(=O)N(C2CC(C)(C)NC(C)(C)C2)C(=O)C1C(C)C. The van der Waals surface area contributed by atoms with Crippen molar-refractivity contribution in [3.05, 3.63) is 0 Å². The van der Waals surface area contributed by atoms with E-state index in [1.54, 1.807) is 4.90 Å². The fourth-order valence-electron chi connectivity index (χ4n) is 5.62. The van der Waals surface area contributed by atoms with Gasteiger partial charge in [0.15, 0.2) is 0 Å². The van der Waals surface area contributed by atoms with E-state index in [9.17, 15) is 9.59 Å². The van der Waals surface area contributed by atoms with Gasteiger partial charge in [0, 0.05) is 17.1 Å². The van der Waals surface area contributed by atoms with Crippen molar-refractivity contribution in [1.82, 2.24) is 10.2 Å². The van der Waals surface area contributed by atoms with Crippen molar-refractivity contribution < 1.29 is 9.59 Å². The summed E-state index contributed by atoms with van der Waals surface area (Å²) < 4.78 is 0. The zero-order valence-corrected chi connectivity index (χ0v) is 18.4. The lowest BCUT2D eigenvalue weighted by Gasteiger charge is -2.48. The molecule has 4 nitrogen and oxygen atoms in total. The summed E-state index contributed by atoms with van der Waals surface area (Å²) in [6.07, 6.45) is 3.49. The molecule has 2 rings (SSSR count). The highest BCUT2D eigenvalue weighted by atomic mass is 16.2. The number of rotatable bonds is 5. The summed E-state index contributed by atoms with van der Waals surface area (Å²) in [5.41, 5.74) is -0.289. The minimum absolute atomic E-state index is 0.00883. The molecule has 2 fully saturated rings. The van der Waals surface area contributed by atoms with Crippen LogP contribution in [0.5, 0.6) is 0 Å². The molecule has 26 heavy (non-hydrogen) atoms. The molecule has 2 aliphatic rings. The van der Waals surface area contributed by atoms with Gasteiger partial charge in [-0.3, -0.25) is 14.5 Å². The van der Waals surface area contributed by atoms with Crippen molar-refractivity contribution >= 4 is 11.8 Å². The summed E-state index contributed by atoms with van der Waals surface area (Å²) in [4.78, 5) is 28.7. The van der Waals surface area contributed by atoms with Crippen molar-refractivity contribution in [1.29, 1.82) is 0 Å². The predicted octanol–water partition coefficient (Wildman–Crippen LogP) is 4.38. The number of likely N-dealkylation sites (tertiary alicyclic amines) is 1. The molecule has 0 aromatic rings. The molecule has 0 saturated carbocycles. The monoisotopic (exact) mass is 364 g/mol. The molecule has 2 unspecified atom stereocenters. The quantitative estimate of drug-likeness (QED) is 0.737. The van der Waals surface area contributed by atoms with Gasteiger partial charge in [0.2, 0.25) is 11.8 Å². The molecule has 2 saturated heterocycles. The van der Waals surface area contributed by atoms with Gasteiger partial charge >= 0.3 is 0 Å². The van der Waals surface area contributed by atoms with Crippen LogP contribution in [-0.2, 0) is 9.59 Å². The largest absolute Gasteiger partial charge is 0.307 e. The Kier molecular flexibility index (Phi) is 5.70. The lowest BCUT2D eigenvalue weighted by molar-refractivity contribution is -0.145. The Morgan fingerprint density at radius 3 is 1.88 bits per heavy atom. The lowest BCUT2D eigenvalue weighted by atomic mass is 9.66. The predicted molar refractivity (Wildman–Crippen MR) is 107 cm³/mol. The molecule has 4 heteroatoms. The van der Waals surface area contributed by atoms with Crippen LogP contribution in [0, 0.1) is 23.2 Å². The minimum Gasteiger partial charge on any atom is -0.307 e. The molecule has 150 valence electrons. The standard InChI is InChI=1S/C22H40N2O2/c1-10-22(9,11-2)17-16(14(3)4)18(25)24(19(17)26)15-12-20(5,6)23-21(7,8)13-15/h14-17,23H,10-13H2,1-9H3. The van der Waals surface area contributed by atoms with E-state index in [1.807, 2.05) is 0 Å². The number of piperidine rings is 1. The molecule has 2 heterocycles. The van der Waals surface area contributed by atoms with Gasteiger partial charge in [-0.1, -0.05) is 34.6 Å². The van der Waals surface area contributed by atoms with Crippen molar-refractivity contribution in [2.24, 2.45) is 23.2 Å². The first-order chi connectivity index (χ1) is 11.8. The van der Waals surface area contributed by atoms with Gasteiger partial charge < -0.3 is 5.32 Å². The van der Waals surface area contributed by atoms with Crippen molar-refractivity contribution in [2.75, 3.05) is 0 Å². The van der Waals surface area contributed by atoms with Gasteiger partial charge in [0.1, 0.15) is 0 Å². The summed E-state index contributed by atoms with van der Waals surface area (Å²) in [5, 5.41) is 3.66. The highest BCUT2D eigenvalue weighted by Gasteiger charge is 2.57. The highest BCUT2D eigenvalue weighted by molar-refractivity contribution is 6.06. The van der Waals surface area contributed by atoms with E-state index in [0.717, 1.165) is 25.7 Å². The lowest BCUT2D eigenvalue weighted by Crippen LogP contribution is -2.63. The first-order valence-corrected chi connectivity index (χ1v) is 10.4. The highest BCUT2D eigenvalue weighted by Crippen LogP contribution is 2.48. The van der Waals surface area contributed by atoms with Crippen LogP contribution in [0.2, 0.25) is 0 Å². The molecule has 0 aromatic carbocycles. The molecule has 2 aliphatic heterocycles. The summed E-state index contributed by atoms with van der Waals surface area (Å²) in [7, 11) is 0. The maximum absolute atomic E-state index is 13.6. The summed E-state index contributed by atoms with van der Waals surface area (Å²) in [6.45, 7) is 19.4. The third kappa shape index (κ3) is 3.72. The van der Waals surface area contributed by atoms with Gasteiger partial charge in [-0.05, 0) is 64.7 Å². The second kappa shape index (κ2) is 6.92. The van der Waals surface area contributed by atoms with Crippen molar-refractivity contribution in [2.45, 2.75) is 105 Å². The van der Waals surface area contributed by atoms with E-state index in [1.165, 1.54) is 0 Å². The average Bonchev–Trinajstić information content (AvgIpc) is 2.75. The van der Waals surface area contributed by atoms with Crippen LogP contribution in [0.4, 0.5) is 0 Å². The van der Waals surface area contributed by atoms with Crippen molar-refractivity contribution in [3.63, 3.8) is 0 Å². The molecule has 0 aromatic heterocycles. The van der Waals surface area contributed by atoms with Crippen LogP contribution >= 0.6 is 0 Å². The van der Waals surface area contributed by atoms with E-state index in [-0.39, 0.29) is 52.1 Å². The number of carbonyl (C=O) groups is 2. The van der Waals surface area contributed by atoms with Gasteiger partial charge in [-0.15, -0.1) is 0 Å². The number of carbonyl (C=O) groups excluding carboxylic acids is 2. The Morgan fingerprint density at radius 2 is 1.50 bits per heavy atom. The van der Waals surface area contributed by atoms with Crippen LogP contribution in [0.1, 0.15) is 88.0 Å². The van der Waals surface area contributed by atoms with Gasteiger partial charge in [-0.2, -0.15) is 0 Å². The van der Waals surface area contributed by atoms with E-state index in [4.69, 9.17) is 0 Å². The van der Waals surface area contributed by atoms with E-state index in [2.05, 4.69) is 67.6 Å². The Balaban J connectivity index is 2.44. The molecule has 1 N–H and O–H groups in total. The molecule has 2 amide bonds. The third-order valence-electron chi connectivity index (χ3n) is 7.00. The number of imide groups is 1. The summed E-state index contributed by atoms with van der Waals surface area (Å²) >= 11 is 0. The number of nitrogens with one attached hydrogen (secondary N) is 1. The average molecular weight is 365 g/mol. The normalized spacial score (nSPS) is 29.7. The Morgan fingerprint density at radius 1 is 1.04 bits per heavy atom. The van der Waals surface area contributed by atoms with Crippen LogP contribution in [0.25, 0.3) is 0 Å². The molecular formula is C22H40N2O2. The molecule has 0 aliphatic carbocycles. The zero-order valence-electron chi connectivity index (χ0n) is 18.4. The molecule has 0 spiro atoms. The first-order valence-electron chi connectivity index (χ1n) is 10.4. The zero-order chi connectivity index (χ0) is 20.1. The smallest absolute Gasteiger partial charge is 0.233 e. The number of hydrogen-bond donors (Lipinski definition) is 1. The van der Waals surface area contributed by atoms with Gasteiger partial charge in [0.05, 0.1) is 11.8 Å². The fraction of sp³-hybridized carbons (Fsp3) is 0.909. The minimum atomic E-state index is -0.189. The Bertz CT molecular complexity index is 544. The second-order valence-corrected chi connectivity index (χ2v) is 10.6. The van der Waals surface area contributed by atoms with Gasteiger partial charge in [0.25, 0.3) is 0 Å². The summed E-state index contributed by atoms with van der Waals surface area (Å²) in [5.74, 6) is -0.0405. The van der Waals surface area contributed by atoms with Crippen LogP contribution in [0.3, 0.4) is 0 Å². The topological polar surface area (TPSA) is 49.4 Å². The fourth-order valence-corrected chi connectivity index (χ4v) is 5.62. The molecule has 0 radical (unpaired) electrons. The van der Waals surface area contributed by atoms with E-state index < -0.39 is 0 Å². The number of nitrogens with zero attached hydrogens (tertiary/aromatic N) is 1. The van der Waals surface area contributed by atoms with Crippen LogP contribution in [0.15, 0.2) is 0 Å². The second-order valence-electron chi connectivity index (χ2n) is 10.6. The maximum atomic E-state index is 13.6. The molecule has 0 bridgehead atoms. The maximum Gasteiger partial charge on any atom is 0.233 e. The Hall–Kier alpha value is -0.900. The van der Waals surface area contributed by atoms with Gasteiger partial charge in [-0.25, -0.2) is 0 Å². The van der Waals surface area contributed by atoms with E-state index >= 15 is 0 Å². The van der Waals surface area contributed by atoms with Crippen LogP contribution in [-0.4, -0.2) is 33.8 Å². The van der Waals surface area contributed by atoms with Crippen LogP contribution < -0.4 is 5.32 Å². The number of hydrogen-bond acceptors (Lipinski definition) is 3. The third-order valence-corrected chi connectivity index (χ3v) is 7.00. The Labute approximate surface area is 160 Å². The summed E-state index contributed by atoms with van der Waals surface area (Å²) in [6, 6.07) is -0.00883. The molecular weight excluding hydrogens is 324 g/mol. The van der Waals surface area contributed by atoms with E-state index in [0.29, 0.717) is 0 Å². The number of amides is 2. The first kappa shape index (κ1) is 21.4. The molecule has 2 atom stereocenters.